The largest absolute Gasteiger partial charge is 0.468 e. The summed E-state index contributed by atoms with van der Waals surface area (Å²) in [5, 5.41) is 2.65. The first-order chi connectivity index (χ1) is 10.6. The van der Waals surface area contributed by atoms with Gasteiger partial charge in [0.05, 0.1) is 13.2 Å². The number of nitrogens with one attached hydrogen (secondary N) is 1. The molecular formula is C17H24N2O3. The molecule has 1 saturated heterocycles. The lowest BCUT2D eigenvalue weighted by Gasteiger charge is -2.30. The zero-order valence-corrected chi connectivity index (χ0v) is 13.3. The van der Waals surface area contributed by atoms with Gasteiger partial charge in [-0.2, -0.15) is 0 Å². The molecule has 22 heavy (non-hydrogen) atoms. The highest BCUT2D eigenvalue weighted by Crippen LogP contribution is 2.30. The van der Waals surface area contributed by atoms with Crippen molar-refractivity contribution in [1.82, 2.24) is 10.2 Å². The summed E-state index contributed by atoms with van der Waals surface area (Å²) in [5.41, 5.74) is 2.36. The van der Waals surface area contributed by atoms with E-state index in [4.69, 9.17) is 0 Å². The van der Waals surface area contributed by atoms with Gasteiger partial charge in [-0.25, -0.2) is 4.79 Å². The van der Waals surface area contributed by atoms with E-state index < -0.39 is 5.97 Å². The van der Waals surface area contributed by atoms with Crippen molar-refractivity contribution < 1.29 is 14.3 Å². The molecule has 1 N–H and O–H groups in total. The molecule has 0 aliphatic carbocycles. The molecule has 1 aromatic carbocycles. The van der Waals surface area contributed by atoms with Crippen LogP contribution in [0.5, 0.6) is 0 Å². The number of carbonyl (C=O) groups excluding carboxylic acids is 2. The lowest BCUT2D eigenvalue weighted by molar-refractivity contribution is -0.139. The maximum Gasteiger partial charge on any atom is 0.325 e. The summed E-state index contributed by atoms with van der Waals surface area (Å²) in [6.07, 6.45) is 4.19. The minimum atomic E-state index is -0.435. The van der Waals surface area contributed by atoms with E-state index in [1.807, 2.05) is 4.90 Å². The molecule has 5 nitrogen and oxygen atoms in total. The summed E-state index contributed by atoms with van der Waals surface area (Å²) < 4.78 is 4.57. The second-order valence-electron chi connectivity index (χ2n) is 5.70. The molecule has 0 aromatic heterocycles. The first-order valence-electron chi connectivity index (χ1n) is 7.79. The first kappa shape index (κ1) is 16.3. The van der Waals surface area contributed by atoms with Crippen LogP contribution in [0, 0.1) is 6.92 Å². The number of urea groups is 1. The number of likely N-dealkylation sites (tertiary alicyclic amines) is 1. The predicted octanol–water partition coefficient (Wildman–Crippen LogP) is 2.79. The molecule has 5 heteroatoms. The number of rotatable bonds is 3. The van der Waals surface area contributed by atoms with Crippen LogP contribution in [0.4, 0.5) is 4.79 Å². The Hall–Kier alpha value is -2.04. The average Bonchev–Trinajstić information content (AvgIpc) is 2.79. The molecule has 0 unspecified atom stereocenters. The Bertz CT molecular complexity index is 513. The summed E-state index contributed by atoms with van der Waals surface area (Å²) in [5.74, 6) is -0.435. The van der Waals surface area contributed by atoms with E-state index in [1.54, 1.807) is 0 Å². The van der Waals surface area contributed by atoms with Crippen LogP contribution in [0.25, 0.3) is 0 Å². The van der Waals surface area contributed by atoms with Gasteiger partial charge in [-0.3, -0.25) is 4.79 Å². The Labute approximate surface area is 131 Å². The molecule has 1 atom stereocenters. The van der Waals surface area contributed by atoms with Crippen molar-refractivity contribution in [2.75, 3.05) is 20.2 Å². The molecule has 120 valence electrons. The Kier molecular flexibility index (Phi) is 5.81. The summed E-state index contributed by atoms with van der Waals surface area (Å²) in [6, 6.07) is 8.20. The number of hydrogen-bond acceptors (Lipinski definition) is 3. The van der Waals surface area contributed by atoms with Gasteiger partial charge in [0.25, 0.3) is 0 Å². The number of esters is 1. The van der Waals surface area contributed by atoms with E-state index in [0.717, 1.165) is 31.2 Å². The van der Waals surface area contributed by atoms with Gasteiger partial charge in [-0.05, 0) is 25.3 Å². The van der Waals surface area contributed by atoms with E-state index in [2.05, 4.69) is 41.2 Å². The van der Waals surface area contributed by atoms with E-state index >= 15 is 0 Å². The summed E-state index contributed by atoms with van der Waals surface area (Å²) in [6.45, 7) is 2.68. The topological polar surface area (TPSA) is 58.6 Å². The fraction of sp³-hybridized carbons (Fsp3) is 0.529. The molecule has 2 rings (SSSR count). The lowest BCUT2D eigenvalue weighted by atomic mass is 10.00. The average molecular weight is 304 g/mol. The van der Waals surface area contributed by atoms with Crippen molar-refractivity contribution in [3.8, 4) is 0 Å². The Morgan fingerprint density at radius 2 is 1.95 bits per heavy atom. The highest BCUT2D eigenvalue weighted by molar-refractivity contribution is 5.81. The van der Waals surface area contributed by atoms with Crippen LogP contribution in [-0.4, -0.2) is 37.1 Å². The summed E-state index contributed by atoms with van der Waals surface area (Å²) in [4.78, 5) is 25.5. The van der Waals surface area contributed by atoms with Gasteiger partial charge in [0, 0.05) is 6.54 Å². The molecule has 1 heterocycles. The molecule has 1 fully saturated rings. The Balaban J connectivity index is 2.11. The molecule has 1 aromatic rings. The van der Waals surface area contributed by atoms with Gasteiger partial charge in [-0.15, -0.1) is 0 Å². The highest BCUT2D eigenvalue weighted by Gasteiger charge is 2.26. The van der Waals surface area contributed by atoms with Gasteiger partial charge >= 0.3 is 12.0 Å². The second kappa shape index (κ2) is 7.82. The molecule has 0 bridgehead atoms. The predicted molar refractivity (Wildman–Crippen MR) is 84.5 cm³/mol. The lowest BCUT2D eigenvalue weighted by Crippen LogP contribution is -2.44. The number of aryl methyl sites for hydroxylation is 1. The molecular weight excluding hydrogens is 280 g/mol. The van der Waals surface area contributed by atoms with Crippen LogP contribution < -0.4 is 5.32 Å². The normalized spacial score (nSPS) is 18.5. The third kappa shape index (κ3) is 4.23. The quantitative estimate of drug-likeness (QED) is 0.874. The SMILES string of the molecule is COC(=O)CNC(=O)N1CCCCC[C@H]1c1ccc(C)cc1. The van der Waals surface area contributed by atoms with Crippen LogP contribution in [0.2, 0.25) is 0 Å². The monoisotopic (exact) mass is 304 g/mol. The van der Waals surface area contributed by atoms with Crippen molar-refractivity contribution in [3.63, 3.8) is 0 Å². The zero-order chi connectivity index (χ0) is 15.9. The number of carbonyl (C=O) groups is 2. The van der Waals surface area contributed by atoms with Crippen LogP contribution >= 0.6 is 0 Å². The van der Waals surface area contributed by atoms with Crippen molar-refractivity contribution in [2.45, 2.75) is 38.6 Å². The van der Waals surface area contributed by atoms with Gasteiger partial charge in [0.15, 0.2) is 0 Å². The number of amides is 2. The number of hydrogen-bond donors (Lipinski definition) is 1. The Morgan fingerprint density at radius 3 is 2.64 bits per heavy atom. The standard InChI is InChI=1S/C17H24N2O3/c1-13-7-9-14(10-8-13)15-6-4-3-5-11-19(15)17(21)18-12-16(20)22-2/h7-10,15H,3-6,11-12H2,1-2H3,(H,18,21)/t15-/m0/s1. The minimum Gasteiger partial charge on any atom is -0.468 e. The van der Waals surface area contributed by atoms with E-state index in [-0.39, 0.29) is 18.6 Å². The van der Waals surface area contributed by atoms with Gasteiger partial charge in [-0.1, -0.05) is 42.7 Å². The minimum absolute atomic E-state index is 0.0701. The van der Waals surface area contributed by atoms with Crippen molar-refractivity contribution in [2.24, 2.45) is 0 Å². The highest BCUT2D eigenvalue weighted by atomic mass is 16.5. The number of nitrogens with zero attached hydrogens (tertiary/aromatic N) is 1. The van der Waals surface area contributed by atoms with Gasteiger partial charge in [0.1, 0.15) is 6.54 Å². The molecule has 0 spiro atoms. The third-order valence-electron chi connectivity index (χ3n) is 4.09. The summed E-state index contributed by atoms with van der Waals surface area (Å²) in [7, 11) is 1.32. The third-order valence-corrected chi connectivity index (χ3v) is 4.09. The Morgan fingerprint density at radius 1 is 1.23 bits per heavy atom. The van der Waals surface area contributed by atoms with Crippen molar-refractivity contribution in [1.29, 1.82) is 0 Å². The van der Waals surface area contributed by atoms with Crippen LogP contribution in [0.1, 0.15) is 42.9 Å². The number of benzene rings is 1. The fourth-order valence-corrected chi connectivity index (χ4v) is 2.81. The molecule has 2 amide bonds. The molecule has 1 aliphatic rings. The number of methoxy groups -OCH3 is 1. The van der Waals surface area contributed by atoms with Crippen LogP contribution in [-0.2, 0) is 9.53 Å². The molecule has 0 saturated carbocycles. The van der Waals surface area contributed by atoms with Crippen LogP contribution in [0.15, 0.2) is 24.3 Å². The van der Waals surface area contributed by atoms with Gasteiger partial charge in [0.2, 0.25) is 0 Å². The van der Waals surface area contributed by atoms with Crippen LogP contribution in [0.3, 0.4) is 0 Å². The zero-order valence-electron chi connectivity index (χ0n) is 13.3. The van der Waals surface area contributed by atoms with Gasteiger partial charge < -0.3 is 15.0 Å². The maximum absolute atomic E-state index is 12.4. The first-order valence-corrected chi connectivity index (χ1v) is 7.79. The summed E-state index contributed by atoms with van der Waals surface area (Å²) >= 11 is 0. The number of ether oxygens (including phenoxy) is 1. The molecule has 0 radical (unpaired) electrons. The maximum atomic E-state index is 12.4. The smallest absolute Gasteiger partial charge is 0.325 e. The van der Waals surface area contributed by atoms with E-state index in [1.165, 1.54) is 12.7 Å². The van der Waals surface area contributed by atoms with E-state index in [9.17, 15) is 9.59 Å². The second-order valence-corrected chi connectivity index (χ2v) is 5.70. The van der Waals surface area contributed by atoms with E-state index in [0.29, 0.717) is 6.54 Å². The van der Waals surface area contributed by atoms with Crippen molar-refractivity contribution in [3.05, 3.63) is 35.4 Å². The van der Waals surface area contributed by atoms with Crippen molar-refractivity contribution >= 4 is 12.0 Å². The molecule has 1 aliphatic heterocycles. The fourth-order valence-electron chi connectivity index (χ4n) is 2.81.